The van der Waals surface area contributed by atoms with Gasteiger partial charge in [0, 0.05) is 0 Å². The van der Waals surface area contributed by atoms with Crippen LogP contribution in [0.15, 0.2) is 23.8 Å². The number of hydrogen-bond donors (Lipinski definition) is 0. The Kier molecular flexibility index (Phi) is 1.25. The van der Waals surface area contributed by atoms with Crippen LogP contribution in [-0.4, -0.2) is 11.5 Å². The number of carbonyl (C=O) groups excluding carboxylic acids is 1. The highest BCUT2D eigenvalue weighted by Gasteiger charge is 2.38. The topological polar surface area (TPSA) is 17.1 Å². The summed E-state index contributed by atoms with van der Waals surface area (Å²) in [5, 5.41) is 0. The molecule has 0 heterocycles. The lowest BCUT2D eigenvalue weighted by molar-refractivity contribution is -0.110. The maximum absolute atomic E-state index is 13.6. The van der Waals surface area contributed by atoms with Crippen molar-refractivity contribution in [2.24, 2.45) is 0 Å². The quantitative estimate of drug-likeness (QED) is 0.518. The van der Waals surface area contributed by atoms with E-state index in [9.17, 15) is 9.18 Å². The molecule has 2 aliphatic rings. The van der Waals surface area contributed by atoms with Crippen LogP contribution in [0.3, 0.4) is 0 Å². The lowest BCUT2D eigenvalue weighted by atomic mass is 9.93. The van der Waals surface area contributed by atoms with Crippen molar-refractivity contribution >= 4 is 5.78 Å². The van der Waals surface area contributed by atoms with Gasteiger partial charge in [0.05, 0.1) is 0 Å². The van der Waals surface area contributed by atoms with E-state index in [1.165, 1.54) is 18.2 Å². The van der Waals surface area contributed by atoms with Crippen LogP contribution in [0, 0.1) is 0 Å². The number of rotatable bonds is 0. The van der Waals surface area contributed by atoms with Crippen molar-refractivity contribution in [3.63, 3.8) is 0 Å². The van der Waals surface area contributed by atoms with Crippen molar-refractivity contribution in [1.82, 2.24) is 0 Å². The Morgan fingerprint density at radius 3 is 3.18 bits per heavy atom. The summed E-state index contributed by atoms with van der Waals surface area (Å²) in [7, 11) is 0. The Bertz CT molecular complexity index is 265. The average Bonchev–Trinajstić information content (AvgIpc) is 2.31. The van der Waals surface area contributed by atoms with Crippen LogP contribution in [0.25, 0.3) is 0 Å². The van der Waals surface area contributed by atoms with Crippen LogP contribution < -0.4 is 0 Å². The molecule has 0 saturated heterocycles. The highest BCUT2D eigenvalue weighted by atomic mass is 19.1. The second-order valence-corrected chi connectivity index (χ2v) is 3.12. The fourth-order valence-electron chi connectivity index (χ4n) is 1.72. The smallest absolute Gasteiger partial charge is 0.178 e. The molecule has 0 N–H and O–H groups in total. The molecule has 0 aromatic rings. The first-order valence-electron chi connectivity index (χ1n) is 3.84. The molecule has 1 atom stereocenters. The third-order valence-electron chi connectivity index (χ3n) is 2.35. The second-order valence-electron chi connectivity index (χ2n) is 3.12. The number of fused-ring (bicyclic) bond motifs is 1. The standard InChI is InChI=1S/C9H9FO/c10-9-4-1-2-7(9)6-8(11)3-5-9/h3,5-6H,1-2,4H2/t9-/m0/s1. The van der Waals surface area contributed by atoms with Crippen molar-refractivity contribution < 1.29 is 9.18 Å². The SMILES string of the molecule is O=C1C=C[C@@]2(F)CCCC2=C1. The zero-order chi connectivity index (χ0) is 7.90. The first kappa shape index (κ1) is 6.77. The van der Waals surface area contributed by atoms with Gasteiger partial charge in [0.2, 0.25) is 0 Å². The summed E-state index contributed by atoms with van der Waals surface area (Å²) < 4.78 is 13.6. The van der Waals surface area contributed by atoms with Gasteiger partial charge < -0.3 is 0 Å². The third-order valence-corrected chi connectivity index (χ3v) is 2.35. The normalized spacial score (nSPS) is 35.4. The molecule has 2 rings (SSSR count). The maximum atomic E-state index is 13.6. The molecule has 1 nitrogen and oxygen atoms in total. The number of hydrogen-bond acceptors (Lipinski definition) is 1. The van der Waals surface area contributed by atoms with E-state index in [-0.39, 0.29) is 5.78 Å². The fourth-order valence-corrected chi connectivity index (χ4v) is 1.72. The third kappa shape index (κ3) is 0.934. The Morgan fingerprint density at radius 1 is 1.55 bits per heavy atom. The van der Waals surface area contributed by atoms with E-state index in [1.54, 1.807) is 0 Å². The van der Waals surface area contributed by atoms with Gasteiger partial charge in [-0.3, -0.25) is 4.79 Å². The molecule has 1 saturated carbocycles. The van der Waals surface area contributed by atoms with Crippen molar-refractivity contribution in [2.45, 2.75) is 24.9 Å². The Balaban J connectivity index is 2.41. The minimum atomic E-state index is -1.27. The molecule has 2 heteroatoms. The van der Waals surface area contributed by atoms with Crippen molar-refractivity contribution in [3.05, 3.63) is 23.8 Å². The molecular weight excluding hydrogens is 143 g/mol. The lowest BCUT2D eigenvalue weighted by Crippen LogP contribution is -2.20. The van der Waals surface area contributed by atoms with Gasteiger partial charge in [-0.05, 0) is 43.1 Å². The van der Waals surface area contributed by atoms with Crippen molar-refractivity contribution in [3.8, 4) is 0 Å². The monoisotopic (exact) mass is 152 g/mol. The molecule has 0 bridgehead atoms. The molecule has 58 valence electrons. The summed E-state index contributed by atoms with van der Waals surface area (Å²) in [5.41, 5.74) is -0.599. The molecule has 2 aliphatic carbocycles. The van der Waals surface area contributed by atoms with Gasteiger partial charge in [0.1, 0.15) is 0 Å². The van der Waals surface area contributed by atoms with Gasteiger partial charge in [0.15, 0.2) is 11.5 Å². The van der Waals surface area contributed by atoms with E-state index in [2.05, 4.69) is 0 Å². The molecule has 0 unspecified atom stereocenters. The van der Waals surface area contributed by atoms with Gasteiger partial charge in [-0.2, -0.15) is 0 Å². The first-order valence-corrected chi connectivity index (χ1v) is 3.84. The second kappa shape index (κ2) is 2.03. The molecule has 0 radical (unpaired) electrons. The molecule has 0 amide bonds. The summed E-state index contributed by atoms with van der Waals surface area (Å²) in [6, 6.07) is 0. The zero-order valence-electron chi connectivity index (χ0n) is 6.14. The van der Waals surface area contributed by atoms with E-state index < -0.39 is 5.67 Å². The van der Waals surface area contributed by atoms with E-state index in [4.69, 9.17) is 0 Å². The Labute approximate surface area is 64.6 Å². The van der Waals surface area contributed by atoms with Gasteiger partial charge in [-0.25, -0.2) is 4.39 Å². The highest BCUT2D eigenvalue weighted by molar-refractivity contribution is 6.01. The van der Waals surface area contributed by atoms with Gasteiger partial charge in [0.25, 0.3) is 0 Å². The minimum Gasteiger partial charge on any atom is -0.290 e. The van der Waals surface area contributed by atoms with Crippen LogP contribution in [0.4, 0.5) is 4.39 Å². The molecule has 0 aromatic carbocycles. The van der Waals surface area contributed by atoms with Crippen LogP contribution in [0.1, 0.15) is 19.3 Å². The highest BCUT2D eigenvalue weighted by Crippen LogP contribution is 2.41. The minimum absolute atomic E-state index is 0.0739. The summed E-state index contributed by atoms with van der Waals surface area (Å²) in [6.07, 6.45) is 6.31. The van der Waals surface area contributed by atoms with E-state index in [1.807, 2.05) is 0 Å². The largest absolute Gasteiger partial charge is 0.290 e. The van der Waals surface area contributed by atoms with Crippen LogP contribution in [0.2, 0.25) is 0 Å². The van der Waals surface area contributed by atoms with Crippen LogP contribution >= 0.6 is 0 Å². The van der Waals surface area contributed by atoms with Gasteiger partial charge >= 0.3 is 0 Å². The predicted octanol–water partition coefficient (Wildman–Crippen LogP) is 1.94. The van der Waals surface area contributed by atoms with Crippen LogP contribution in [-0.2, 0) is 4.79 Å². The molecule has 1 fully saturated rings. The first-order chi connectivity index (χ1) is 5.21. The number of carbonyl (C=O) groups is 1. The van der Waals surface area contributed by atoms with Crippen LogP contribution in [0.5, 0.6) is 0 Å². The number of halogens is 1. The fraction of sp³-hybridized carbons (Fsp3) is 0.444. The summed E-state index contributed by atoms with van der Waals surface area (Å²) in [6.45, 7) is 0. The molecule has 0 aromatic heterocycles. The van der Waals surface area contributed by atoms with E-state index in [0.29, 0.717) is 12.0 Å². The number of alkyl halides is 1. The van der Waals surface area contributed by atoms with Crippen molar-refractivity contribution in [1.29, 1.82) is 0 Å². The van der Waals surface area contributed by atoms with Crippen molar-refractivity contribution in [2.75, 3.05) is 0 Å². The molecule has 0 spiro atoms. The number of allylic oxidation sites excluding steroid dienone is 4. The van der Waals surface area contributed by atoms with Gasteiger partial charge in [-0.1, -0.05) is 0 Å². The predicted molar refractivity (Wildman–Crippen MR) is 39.9 cm³/mol. The zero-order valence-corrected chi connectivity index (χ0v) is 6.14. The summed E-state index contributed by atoms with van der Waals surface area (Å²) >= 11 is 0. The lowest BCUT2D eigenvalue weighted by Gasteiger charge is -2.18. The van der Waals surface area contributed by atoms with Gasteiger partial charge in [-0.15, -0.1) is 0 Å². The molecule has 11 heavy (non-hydrogen) atoms. The Hall–Kier alpha value is -0.920. The van der Waals surface area contributed by atoms with E-state index >= 15 is 0 Å². The Morgan fingerprint density at radius 2 is 2.36 bits per heavy atom. The molecule has 0 aliphatic heterocycles. The summed E-state index contributed by atoms with van der Waals surface area (Å²) in [5.74, 6) is -0.0739. The average molecular weight is 152 g/mol. The summed E-state index contributed by atoms with van der Waals surface area (Å²) in [4.78, 5) is 10.8. The number of ketones is 1. The maximum Gasteiger partial charge on any atom is 0.178 e. The molecular formula is C9H9FO. The van der Waals surface area contributed by atoms with E-state index in [0.717, 1.165) is 12.8 Å².